The number of hydrogen-bond acceptors (Lipinski definition) is 1. The Balaban J connectivity index is 2.20. The minimum atomic E-state index is 0.794. The summed E-state index contributed by atoms with van der Waals surface area (Å²) in [5, 5.41) is 0. The van der Waals surface area contributed by atoms with Crippen LogP contribution in [0, 0.1) is 0 Å². The molecule has 0 saturated heterocycles. The number of nitrogens with two attached hydrogens (primary N) is 1. The molecule has 1 heteroatoms. The number of rotatable bonds is 4. The first kappa shape index (κ1) is 13.9. The fourth-order valence-electron chi connectivity index (χ4n) is 1.97. The first-order valence-electron chi connectivity index (χ1n) is 6.65. The summed E-state index contributed by atoms with van der Waals surface area (Å²) in [6, 6.07) is 16.2. The van der Waals surface area contributed by atoms with E-state index in [0.29, 0.717) is 0 Å². The zero-order valence-corrected chi connectivity index (χ0v) is 11.7. The van der Waals surface area contributed by atoms with Crippen LogP contribution in [0.2, 0.25) is 0 Å². The summed E-state index contributed by atoms with van der Waals surface area (Å²) in [4.78, 5) is 0. The molecule has 0 saturated carbocycles. The highest BCUT2D eigenvalue weighted by atomic mass is 14.5. The van der Waals surface area contributed by atoms with E-state index in [0.717, 1.165) is 28.0 Å². The maximum Gasteiger partial charge on any atom is 0.0387 e. The normalized spacial score (nSPS) is 11.2. The standard InChI is InChI=1S/C19H19N/c1-3-7-18-14-16(12-13-19(18)20)11-10-15(2)17-8-5-4-6-9-17/h3-14H,2,20H2,1H3/b7-3-,11-10+. The molecule has 0 aromatic heterocycles. The van der Waals surface area contributed by atoms with Gasteiger partial charge in [-0.25, -0.2) is 0 Å². The van der Waals surface area contributed by atoms with Crippen LogP contribution in [0.4, 0.5) is 5.69 Å². The van der Waals surface area contributed by atoms with Gasteiger partial charge in [-0.3, -0.25) is 0 Å². The van der Waals surface area contributed by atoms with Crippen molar-refractivity contribution in [2.75, 3.05) is 5.73 Å². The van der Waals surface area contributed by atoms with E-state index >= 15 is 0 Å². The van der Waals surface area contributed by atoms with Crippen LogP contribution in [-0.4, -0.2) is 0 Å². The van der Waals surface area contributed by atoms with Gasteiger partial charge in [-0.15, -0.1) is 0 Å². The maximum atomic E-state index is 5.93. The van der Waals surface area contributed by atoms with Crippen molar-refractivity contribution >= 4 is 23.4 Å². The van der Waals surface area contributed by atoms with Gasteiger partial charge in [0.2, 0.25) is 0 Å². The molecule has 0 aliphatic carbocycles. The van der Waals surface area contributed by atoms with Gasteiger partial charge >= 0.3 is 0 Å². The van der Waals surface area contributed by atoms with E-state index in [9.17, 15) is 0 Å². The van der Waals surface area contributed by atoms with Crippen molar-refractivity contribution in [1.82, 2.24) is 0 Å². The predicted octanol–water partition coefficient (Wildman–Crippen LogP) is 5.03. The van der Waals surface area contributed by atoms with E-state index in [-0.39, 0.29) is 0 Å². The summed E-state index contributed by atoms with van der Waals surface area (Å²) in [5.74, 6) is 0. The molecule has 20 heavy (non-hydrogen) atoms. The van der Waals surface area contributed by atoms with Crippen molar-refractivity contribution in [3.8, 4) is 0 Å². The summed E-state index contributed by atoms with van der Waals surface area (Å²) < 4.78 is 0. The van der Waals surface area contributed by atoms with Gasteiger partial charge in [0, 0.05) is 5.69 Å². The van der Waals surface area contributed by atoms with Crippen LogP contribution in [0.25, 0.3) is 17.7 Å². The smallest absolute Gasteiger partial charge is 0.0387 e. The van der Waals surface area contributed by atoms with Gasteiger partial charge in [0.05, 0.1) is 0 Å². The van der Waals surface area contributed by atoms with Crippen molar-refractivity contribution < 1.29 is 0 Å². The highest BCUT2D eigenvalue weighted by Gasteiger charge is 1.97. The molecule has 100 valence electrons. The monoisotopic (exact) mass is 261 g/mol. The summed E-state index contributed by atoms with van der Waals surface area (Å²) in [5.41, 5.74) is 11.0. The van der Waals surface area contributed by atoms with Crippen molar-refractivity contribution in [1.29, 1.82) is 0 Å². The zero-order valence-electron chi connectivity index (χ0n) is 11.7. The van der Waals surface area contributed by atoms with Gasteiger partial charge in [0.15, 0.2) is 0 Å². The molecule has 0 unspecified atom stereocenters. The summed E-state index contributed by atoms with van der Waals surface area (Å²) in [7, 11) is 0. The van der Waals surface area contributed by atoms with E-state index < -0.39 is 0 Å². The molecule has 0 spiro atoms. The van der Waals surface area contributed by atoms with Gasteiger partial charge in [0.25, 0.3) is 0 Å². The third kappa shape index (κ3) is 3.48. The van der Waals surface area contributed by atoms with Gasteiger partial charge in [-0.05, 0) is 41.3 Å². The molecule has 2 rings (SSSR count). The Kier molecular flexibility index (Phi) is 4.56. The van der Waals surface area contributed by atoms with Gasteiger partial charge < -0.3 is 5.73 Å². The third-order valence-corrected chi connectivity index (χ3v) is 3.08. The highest BCUT2D eigenvalue weighted by molar-refractivity contribution is 5.78. The number of anilines is 1. The first-order chi connectivity index (χ1) is 9.70. The quantitative estimate of drug-likeness (QED) is 0.606. The minimum Gasteiger partial charge on any atom is -0.398 e. The van der Waals surface area contributed by atoms with Crippen molar-refractivity contribution in [3.05, 3.63) is 84.0 Å². The highest BCUT2D eigenvalue weighted by Crippen LogP contribution is 2.19. The molecule has 0 amide bonds. The lowest BCUT2D eigenvalue weighted by atomic mass is 10.0. The Morgan fingerprint density at radius 2 is 1.80 bits per heavy atom. The molecule has 0 aliphatic heterocycles. The van der Waals surface area contributed by atoms with E-state index in [4.69, 9.17) is 5.73 Å². The molecule has 0 fully saturated rings. The molecule has 2 N–H and O–H groups in total. The number of nitrogen functional groups attached to an aromatic ring is 1. The second kappa shape index (κ2) is 6.58. The summed E-state index contributed by atoms with van der Waals surface area (Å²) in [6.07, 6.45) is 8.09. The molecule has 0 radical (unpaired) electrons. The van der Waals surface area contributed by atoms with Crippen LogP contribution < -0.4 is 5.73 Å². The maximum absolute atomic E-state index is 5.93. The lowest BCUT2D eigenvalue weighted by Crippen LogP contribution is -1.89. The largest absolute Gasteiger partial charge is 0.398 e. The van der Waals surface area contributed by atoms with Crippen molar-refractivity contribution in [3.63, 3.8) is 0 Å². The van der Waals surface area contributed by atoms with Crippen molar-refractivity contribution in [2.45, 2.75) is 6.92 Å². The number of allylic oxidation sites excluding steroid dienone is 3. The lowest BCUT2D eigenvalue weighted by molar-refractivity contribution is 1.59. The lowest BCUT2D eigenvalue weighted by Gasteiger charge is -2.03. The average Bonchev–Trinajstić information content (AvgIpc) is 2.49. The summed E-state index contributed by atoms with van der Waals surface area (Å²) in [6.45, 7) is 6.08. The molecule has 2 aromatic carbocycles. The Bertz CT molecular complexity index is 649. The Morgan fingerprint density at radius 3 is 2.50 bits per heavy atom. The third-order valence-electron chi connectivity index (χ3n) is 3.08. The van der Waals surface area contributed by atoms with E-state index in [1.165, 1.54) is 0 Å². The first-order valence-corrected chi connectivity index (χ1v) is 6.65. The minimum absolute atomic E-state index is 0.794. The molecular weight excluding hydrogens is 242 g/mol. The molecular formula is C19H19N. The van der Waals surface area contributed by atoms with E-state index in [2.05, 4.69) is 30.9 Å². The molecule has 0 atom stereocenters. The second-order valence-electron chi connectivity index (χ2n) is 4.61. The molecule has 0 heterocycles. The SMILES string of the molecule is C=C(/C=C/c1ccc(N)c(/C=C\C)c1)c1ccccc1. The van der Waals surface area contributed by atoms with Crippen molar-refractivity contribution in [2.24, 2.45) is 0 Å². The number of hydrogen-bond donors (Lipinski definition) is 1. The van der Waals surface area contributed by atoms with Crippen LogP contribution in [0.5, 0.6) is 0 Å². The topological polar surface area (TPSA) is 26.0 Å². The fraction of sp³-hybridized carbons (Fsp3) is 0.0526. The summed E-state index contributed by atoms with van der Waals surface area (Å²) >= 11 is 0. The Morgan fingerprint density at radius 1 is 1.05 bits per heavy atom. The molecule has 0 aliphatic rings. The fourth-order valence-corrected chi connectivity index (χ4v) is 1.97. The van der Waals surface area contributed by atoms with Crippen LogP contribution >= 0.6 is 0 Å². The number of benzene rings is 2. The molecule has 2 aromatic rings. The zero-order chi connectivity index (χ0) is 14.4. The van der Waals surface area contributed by atoms with Gasteiger partial charge in [-0.2, -0.15) is 0 Å². The van der Waals surface area contributed by atoms with Gasteiger partial charge in [-0.1, -0.05) is 67.3 Å². The van der Waals surface area contributed by atoms with E-state index in [1.807, 2.05) is 55.5 Å². The van der Waals surface area contributed by atoms with Crippen LogP contribution in [0.15, 0.2) is 67.3 Å². The molecule has 1 nitrogen and oxygen atoms in total. The predicted molar refractivity (Wildman–Crippen MR) is 90.1 cm³/mol. The average molecular weight is 261 g/mol. The van der Waals surface area contributed by atoms with Crippen LogP contribution in [0.3, 0.4) is 0 Å². The van der Waals surface area contributed by atoms with E-state index in [1.54, 1.807) is 0 Å². The van der Waals surface area contributed by atoms with Crippen LogP contribution in [-0.2, 0) is 0 Å². The molecule has 0 bridgehead atoms. The Labute approximate surface area is 120 Å². The van der Waals surface area contributed by atoms with Crippen LogP contribution in [0.1, 0.15) is 23.6 Å². The van der Waals surface area contributed by atoms with Gasteiger partial charge in [0.1, 0.15) is 0 Å². The second-order valence-corrected chi connectivity index (χ2v) is 4.61. The Hall–Kier alpha value is -2.54.